The van der Waals surface area contributed by atoms with Crippen molar-refractivity contribution in [2.24, 2.45) is 11.7 Å². The Morgan fingerprint density at radius 2 is 1.76 bits per heavy atom. The summed E-state index contributed by atoms with van der Waals surface area (Å²) in [4.78, 5) is 24.5. The van der Waals surface area contributed by atoms with Gasteiger partial charge in [0, 0.05) is 23.2 Å². The number of nitrogens with two attached hydrogens (primary N) is 1. The molecule has 1 saturated carbocycles. The number of rotatable bonds is 6. The third kappa shape index (κ3) is 6.49. The SMILES string of the molecule is CC(NC(=O)c1ccc(Cl)cc1)C(=O)NC(CN)C1CCCCC1.Cl. The van der Waals surface area contributed by atoms with Crippen LogP contribution in [0.3, 0.4) is 0 Å². The molecule has 1 aliphatic carbocycles. The second kappa shape index (κ2) is 10.6. The first-order chi connectivity index (χ1) is 11.5. The monoisotopic (exact) mass is 387 g/mol. The molecule has 1 aromatic rings. The maximum absolute atomic E-state index is 12.4. The van der Waals surface area contributed by atoms with Crippen molar-refractivity contribution in [3.05, 3.63) is 34.9 Å². The largest absolute Gasteiger partial charge is 0.350 e. The molecule has 140 valence electrons. The van der Waals surface area contributed by atoms with Crippen LogP contribution in [-0.4, -0.2) is 30.4 Å². The van der Waals surface area contributed by atoms with Gasteiger partial charge in [0.05, 0.1) is 0 Å². The second-order valence-electron chi connectivity index (χ2n) is 6.45. The molecule has 0 saturated heterocycles. The van der Waals surface area contributed by atoms with Gasteiger partial charge >= 0.3 is 0 Å². The first kappa shape index (κ1) is 21.7. The van der Waals surface area contributed by atoms with E-state index in [9.17, 15) is 9.59 Å². The molecule has 1 aromatic carbocycles. The Labute approximate surface area is 160 Å². The van der Waals surface area contributed by atoms with Crippen LogP contribution in [0.5, 0.6) is 0 Å². The van der Waals surface area contributed by atoms with Crippen molar-refractivity contribution in [1.82, 2.24) is 10.6 Å². The molecule has 25 heavy (non-hydrogen) atoms. The van der Waals surface area contributed by atoms with Crippen LogP contribution in [0.1, 0.15) is 49.4 Å². The van der Waals surface area contributed by atoms with Gasteiger partial charge in [0.15, 0.2) is 0 Å². The summed E-state index contributed by atoms with van der Waals surface area (Å²) in [6.45, 7) is 2.10. The number of carbonyl (C=O) groups is 2. The van der Waals surface area contributed by atoms with Gasteiger partial charge in [0.2, 0.25) is 5.91 Å². The number of nitrogens with one attached hydrogen (secondary N) is 2. The van der Waals surface area contributed by atoms with E-state index in [1.807, 2.05) is 0 Å². The summed E-state index contributed by atoms with van der Waals surface area (Å²) < 4.78 is 0. The molecule has 2 rings (SSSR count). The number of carbonyl (C=O) groups excluding carboxylic acids is 2. The maximum atomic E-state index is 12.4. The van der Waals surface area contributed by atoms with Crippen molar-refractivity contribution < 1.29 is 9.59 Å². The van der Waals surface area contributed by atoms with Crippen molar-refractivity contribution in [2.75, 3.05) is 6.54 Å². The van der Waals surface area contributed by atoms with E-state index in [1.54, 1.807) is 31.2 Å². The first-order valence-electron chi connectivity index (χ1n) is 8.58. The van der Waals surface area contributed by atoms with Crippen molar-refractivity contribution in [3.8, 4) is 0 Å². The standard InChI is InChI=1S/C18H26ClN3O2.ClH/c1-12(21-18(24)14-7-9-15(19)10-8-14)17(23)22-16(11-20)13-5-3-2-4-6-13;/h7-10,12-13,16H,2-6,11,20H2,1H3,(H,21,24)(H,22,23);1H. The lowest BCUT2D eigenvalue weighted by molar-refractivity contribution is -0.123. The number of amides is 2. The molecule has 2 atom stereocenters. The van der Waals surface area contributed by atoms with E-state index < -0.39 is 6.04 Å². The van der Waals surface area contributed by atoms with Gasteiger partial charge in [-0.2, -0.15) is 0 Å². The van der Waals surface area contributed by atoms with Gasteiger partial charge in [-0.15, -0.1) is 12.4 Å². The molecule has 0 heterocycles. The van der Waals surface area contributed by atoms with Gasteiger partial charge in [-0.1, -0.05) is 30.9 Å². The van der Waals surface area contributed by atoms with Gasteiger partial charge in [-0.3, -0.25) is 9.59 Å². The minimum absolute atomic E-state index is 0. The van der Waals surface area contributed by atoms with E-state index in [1.165, 1.54) is 19.3 Å². The van der Waals surface area contributed by atoms with Gasteiger partial charge in [0.25, 0.3) is 5.91 Å². The number of benzene rings is 1. The summed E-state index contributed by atoms with van der Waals surface area (Å²) in [5.74, 6) is -0.0542. The van der Waals surface area contributed by atoms with Gasteiger partial charge < -0.3 is 16.4 Å². The lowest BCUT2D eigenvalue weighted by atomic mass is 9.84. The predicted molar refractivity (Wildman–Crippen MR) is 103 cm³/mol. The Kier molecular flexibility index (Phi) is 9.25. The van der Waals surface area contributed by atoms with Gasteiger partial charge in [0.1, 0.15) is 6.04 Å². The predicted octanol–water partition coefficient (Wildman–Crippen LogP) is 2.90. The highest BCUT2D eigenvalue weighted by molar-refractivity contribution is 6.30. The zero-order valence-corrected chi connectivity index (χ0v) is 16.0. The fourth-order valence-electron chi connectivity index (χ4n) is 3.16. The topological polar surface area (TPSA) is 84.2 Å². The molecular formula is C18H27Cl2N3O2. The molecule has 0 bridgehead atoms. The summed E-state index contributed by atoms with van der Waals surface area (Å²) in [7, 11) is 0. The van der Waals surface area contributed by atoms with E-state index in [-0.39, 0.29) is 30.3 Å². The molecule has 2 unspecified atom stereocenters. The van der Waals surface area contributed by atoms with E-state index in [4.69, 9.17) is 17.3 Å². The van der Waals surface area contributed by atoms with Crippen LogP contribution in [0, 0.1) is 5.92 Å². The molecule has 0 aliphatic heterocycles. The molecule has 0 aromatic heterocycles. The van der Waals surface area contributed by atoms with Crippen LogP contribution in [-0.2, 0) is 4.79 Å². The first-order valence-corrected chi connectivity index (χ1v) is 8.96. The number of halogens is 2. The summed E-state index contributed by atoms with van der Waals surface area (Å²) in [5.41, 5.74) is 6.32. The second-order valence-corrected chi connectivity index (χ2v) is 6.89. The Balaban J connectivity index is 0.00000312. The Morgan fingerprint density at radius 1 is 1.16 bits per heavy atom. The Morgan fingerprint density at radius 3 is 2.32 bits per heavy atom. The summed E-state index contributed by atoms with van der Waals surface area (Å²) in [6, 6.07) is 5.92. The van der Waals surface area contributed by atoms with Crippen LogP contribution >= 0.6 is 24.0 Å². The van der Waals surface area contributed by atoms with Crippen LogP contribution in [0.4, 0.5) is 0 Å². The fraction of sp³-hybridized carbons (Fsp3) is 0.556. The average molecular weight is 388 g/mol. The highest BCUT2D eigenvalue weighted by Gasteiger charge is 2.26. The number of hydrogen-bond donors (Lipinski definition) is 3. The van der Waals surface area contributed by atoms with Crippen LogP contribution in [0.25, 0.3) is 0 Å². The third-order valence-electron chi connectivity index (χ3n) is 4.65. The summed E-state index contributed by atoms with van der Waals surface area (Å²) in [5, 5.41) is 6.28. The molecule has 0 radical (unpaired) electrons. The van der Waals surface area contributed by atoms with Crippen LogP contribution in [0.2, 0.25) is 5.02 Å². The zero-order chi connectivity index (χ0) is 17.5. The summed E-state index contributed by atoms with van der Waals surface area (Å²) >= 11 is 5.81. The number of hydrogen-bond acceptors (Lipinski definition) is 3. The maximum Gasteiger partial charge on any atom is 0.251 e. The molecule has 1 aliphatic rings. The zero-order valence-electron chi connectivity index (χ0n) is 14.5. The molecule has 4 N–H and O–H groups in total. The van der Waals surface area contributed by atoms with E-state index >= 15 is 0 Å². The van der Waals surface area contributed by atoms with Gasteiger partial charge in [-0.25, -0.2) is 0 Å². The van der Waals surface area contributed by atoms with Crippen molar-refractivity contribution in [1.29, 1.82) is 0 Å². The minimum atomic E-state index is -0.620. The van der Waals surface area contributed by atoms with Crippen molar-refractivity contribution in [2.45, 2.75) is 51.1 Å². The molecule has 2 amide bonds. The van der Waals surface area contributed by atoms with Crippen molar-refractivity contribution in [3.63, 3.8) is 0 Å². The lowest BCUT2D eigenvalue weighted by Crippen LogP contribution is -2.52. The third-order valence-corrected chi connectivity index (χ3v) is 4.90. The van der Waals surface area contributed by atoms with E-state index in [2.05, 4.69) is 10.6 Å². The lowest BCUT2D eigenvalue weighted by Gasteiger charge is -2.31. The Hall–Kier alpha value is -1.30. The van der Waals surface area contributed by atoms with Crippen LogP contribution < -0.4 is 16.4 Å². The van der Waals surface area contributed by atoms with E-state index in [0.717, 1.165) is 12.8 Å². The normalized spacial score (nSPS) is 17.1. The molecular weight excluding hydrogens is 361 g/mol. The fourth-order valence-corrected chi connectivity index (χ4v) is 3.29. The van der Waals surface area contributed by atoms with Gasteiger partial charge in [-0.05, 0) is 49.9 Å². The van der Waals surface area contributed by atoms with E-state index in [0.29, 0.717) is 23.0 Å². The highest BCUT2D eigenvalue weighted by Crippen LogP contribution is 2.26. The Bertz CT molecular complexity index is 560. The molecule has 1 fully saturated rings. The average Bonchev–Trinajstić information content (AvgIpc) is 2.60. The molecule has 7 heteroatoms. The quantitative estimate of drug-likeness (QED) is 0.701. The molecule has 0 spiro atoms. The molecule has 5 nitrogen and oxygen atoms in total. The van der Waals surface area contributed by atoms with Crippen molar-refractivity contribution >= 4 is 35.8 Å². The van der Waals surface area contributed by atoms with Crippen LogP contribution in [0.15, 0.2) is 24.3 Å². The smallest absolute Gasteiger partial charge is 0.251 e. The summed E-state index contributed by atoms with van der Waals surface area (Å²) in [6.07, 6.45) is 5.86. The highest BCUT2D eigenvalue weighted by atomic mass is 35.5. The minimum Gasteiger partial charge on any atom is -0.350 e.